The van der Waals surface area contributed by atoms with E-state index in [0.29, 0.717) is 18.3 Å². The summed E-state index contributed by atoms with van der Waals surface area (Å²) in [7, 11) is 1.63. The fourth-order valence-electron chi connectivity index (χ4n) is 1.62. The molecule has 0 saturated carbocycles. The van der Waals surface area contributed by atoms with E-state index >= 15 is 0 Å². The van der Waals surface area contributed by atoms with Crippen molar-refractivity contribution < 1.29 is 14.3 Å². The quantitative estimate of drug-likeness (QED) is 0.414. The lowest BCUT2D eigenvalue weighted by atomic mass is 9.99. The van der Waals surface area contributed by atoms with Gasteiger partial charge in [0.2, 0.25) is 5.91 Å². The van der Waals surface area contributed by atoms with Crippen LogP contribution in [0.1, 0.15) is 20.3 Å². The van der Waals surface area contributed by atoms with Crippen LogP contribution < -0.4 is 10.6 Å². The molecule has 7 heteroatoms. The molecule has 0 unspecified atom stereocenters. The first kappa shape index (κ1) is 14.8. The fourth-order valence-corrected chi connectivity index (χ4v) is 2.01. The first-order valence-corrected chi connectivity index (χ1v) is 6.19. The summed E-state index contributed by atoms with van der Waals surface area (Å²) in [6, 6.07) is 0. The van der Waals surface area contributed by atoms with Crippen LogP contribution in [0.3, 0.4) is 0 Å². The van der Waals surface area contributed by atoms with E-state index in [1.807, 2.05) is 0 Å². The summed E-state index contributed by atoms with van der Waals surface area (Å²) in [6.07, 6.45) is 0.811. The highest BCUT2D eigenvalue weighted by Gasteiger charge is 2.42. The van der Waals surface area contributed by atoms with E-state index in [1.54, 1.807) is 25.9 Å². The van der Waals surface area contributed by atoms with Gasteiger partial charge in [0.1, 0.15) is 12.1 Å². The molecule has 1 fully saturated rings. The van der Waals surface area contributed by atoms with Crippen LogP contribution in [0, 0.1) is 0 Å². The molecule has 102 valence electrons. The summed E-state index contributed by atoms with van der Waals surface area (Å²) >= 11 is 5.22. The highest BCUT2D eigenvalue weighted by Crippen LogP contribution is 2.18. The minimum Gasteiger partial charge on any atom is -0.385 e. The van der Waals surface area contributed by atoms with Crippen LogP contribution in [0.2, 0.25) is 0 Å². The Morgan fingerprint density at radius 1 is 1.56 bits per heavy atom. The summed E-state index contributed by atoms with van der Waals surface area (Å²) in [6.45, 7) is 4.85. The summed E-state index contributed by atoms with van der Waals surface area (Å²) in [5.74, 6) is -0.667. The Bertz CT molecular complexity index is 357. The summed E-state index contributed by atoms with van der Waals surface area (Å²) in [4.78, 5) is 24.7. The standard InChI is InChI=1S/C11H19N3O3S/c1-11(2)9(16)13-8(15)7-14(11)10(18)12-5-4-6-17-3/h4-7H2,1-3H3,(H,12,18)(H,13,15,16). The second-order valence-corrected chi connectivity index (χ2v) is 4.99. The number of methoxy groups -OCH3 is 1. The molecular weight excluding hydrogens is 254 g/mol. The largest absolute Gasteiger partial charge is 0.385 e. The summed E-state index contributed by atoms with van der Waals surface area (Å²) in [5, 5.41) is 5.75. The smallest absolute Gasteiger partial charge is 0.251 e. The zero-order valence-corrected chi connectivity index (χ0v) is 11.7. The number of amides is 2. The number of imide groups is 1. The summed E-state index contributed by atoms with van der Waals surface area (Å²) in [5.41, 5.74) is -0.820. The van der Waals surface area contributed by atoms with Gasteiger partial charge in [0, 0.05) is 20.3 Å². The Morgan fingerprint density at radius 2 is 2.22 bits per heavy atom. The molecule has 0 radical (unpaired) electrons. The normalized spacial score (nSPS) is 18.5. The van der Waals surface area contributed by atoms with Gasteiger partial charge in [0.15, 0.2) is 5.11 Å². The highest BCUT2D eigenvalue weighted by molar-refractivity contribution is 7.80. The van der Waals surface area contributed by atoms with Crippen molar-refractivity contribution in [3.05, 3.63) is 0 Å². The lowest BCUT2D eigenvalue weighted by molar-refractivity contribution is -0.141. The van der Waals surface area contributed by atoms with Crippen molar-refractivity contribution in [2.75, 3.05) is 26.8 Å². The van der Waals surface area contributed by atoms with Gasteiger partial charge in [0.25, 0.3) is 5.91 Å². The second kappa shape index (κ2) is 6.10. The number of carbonyl (C=O) groups is 2. The van der Waals surface area contributed by atoms with Crippen LogP contribution in [0.5, 0.6) is 0 Å². The van der Waals surface area contributed by atoms with Crippen molar-refractivity contribution in [2.45, 2.75) is 25.8 Å². The predicted molar refractivity (Wildman–Crippen MR) is 71.0 cm³/mol. The van der Waals surface area contributed by atoms with Crippen molar-refractivity contribution in [3.8, 4) is 0 Å². The third-order valence-corrected chi connectivity index (χ3v) is 3.20. The predicted octanol–water partition coefficient (Wildman–Crippen LogP) is -0.366. The van der Waals surface area contributed by atoms with E-state index in [1.165, 1.54) is 0 Å². The SMILES string of the molecule is COCCCNC(=S)N1CC(=O)NC(=O)C1(C)C. The van der Waals surface area contributed by atoms with Gasteiger partial charge in [-0.15, -0.1) is 0 Å². The Hall–Kier alpha value is -1.21. The molecule has 0 aromatic heterocycles. The van der Waals surface area contributed by atoms with Crippen LogP contribution in [0.25, 0.3) is 0 Å². The average Bonchev–Trinajstić information content (AvgIpc) is 2.29. The topological polar surface area (TPSA) is 70.7 Å². The molecule has 1 saturated heterocycles. The molecule has 1 rings (SSSR count). The number of hydrogen-bond donors (Lipinski definition) is 2. The minimum absolute atomic E-state index is 0.0921. The van der Waals surface area contributed by atoms with E-state index in [9.17, 15) is 9.59 Å². The molecular formula is C11H19N3O3S. The molecule has 0 aromatic carbocycles. The van der Waals surface area contributed by atoms with Gasteiger partial charge >= 0.3 is 0 Å². The molecule has 2 amide bonds. The molecule has 18 heavy (non-hydrogen) atoms. The Labute approximate surface area is 112 Å². The fraction of sp³-hybridized carbons (Fsp3) is 0.727. The Kier molecular flexibility index (Phi) is 5.03. The van der Waals surface area contributed by atoms with Gasteiger partial charge in [-0.1, -0.05) is 0 Å². The highest BCUT2D eigenvalue weighted by atomic mass is 32.1. The molecule has 1 heterocycles. The molecule has 1 aliphatic heterocycles. The molecule has 0 atom stereocenters. The molecule has 2 N–H and O–H groups in total. The monoisotopic (exact) mass is 273 g/mol. The first-order valence-electron chi connectivity index (χ1n) is 5.78. The lowest BCUT2D eigenvalue weighted by Crippen LogP contribution is -2.67. The van der Waals surface area contributed by atoms with Gasteiger partial charge in [0.05, 0.1) is 0 Å². The molecule has 1 aliphatic rings. The maximum absolute atomic E-state index is 11.7. The zero-order chi connectivity index (χ0) is 13.8. The Balaban J connectivity index is 2.59. The number of hydrogen-bond acceptors (Lipinski definition) is 4. The van der Waals surface area contributed by atoms with Crippen LogP contribution in [-0.2, 0) is 14.3 Å². The zero-order valence-electron chi connectivity index (χ0n) is 10.9. The van der Waals surface area contributed by atoms with Gasteiger partial charge in [-0.3, -0.25) is 14.9 Å². The number of carbonyl (C=O) groups excluding carboxylic acids is 2. The van der Waals surface area contributed by atoms with Gasteiger partial charge in [-0.05, 0) is 32.5 Å². The second-order valence-electron chi connectivity index (χ2n) is 4.60. The maximum atomic E-state index is 11.7. The number of nitrogens with one attached hydrogen (secondary N) is 2. The van der Waals surface area contributed by atoms with Crippen molar-refractivity contribution in [3.63, 3.8) is 0 Å². The number of thiocarbonyl (C=S) groups is 1. The molecule has 0 aromatic rings. The number of piperazine rings is 1. The van der Waals surface area contributed by atoms with Crippen LogP contribution in [-0.4, -0.2) is 54.2 Å². The third kappa shape index (κ3) is 3.39. The van der Waals surface area contributed by atoms with Crippen molar-refractivity contribution in [1.82, 2.24) is 15.5 Å². The third-order valence-electron chi connectivity index (χ3n) is 2.83. The molecule has 0 spiro atoms. The molecule has 0 aliphatic carbocycles. The van der Waals surface area contributed by atoms with Crippen LogP contribution >= 0.6 is 12.2 Å². The van der Waals surface area contributed by atoms with Crippen LogP contribution in [0.4, 0.5) is 0 Å². The van der Waals surface area contributed by atoms with E-state index in [-0.39, 0.29) is 18.4 Å². The van der Waals surface area contributed by atoms with Gasteiger partial charge in [-0.25, -0.2) is 0 Å². The molecule has 6 nitrogen and oxygen atoms in total. The Morgan fingerprint density at radius 3 is 2.83 bits per heavy atom. The van der Waals surface area contributed by atoms with E-state index in [0.717, 1.165) is 6.42 Å². The lowest BCUT2D eigenvalue weighted by Gasteiger charge is -2.41. The average molecular weight is 273 g/mol. The van der Waals surface area contributed by atoms with E-state index in [4.69, 9.17) is 17.0 Å². The molecule has 0 bridgehead atoms. The minimum atomic E-state index is -0.820. The first-order chi connectivity index (χ1) is 8.39. The van der Waals surface area contributed by atoms with Gasteiger partial charge in [-0.2, -0.15) is 0 Å². The van der Waals surface area contributed by atoms with Gasteiger partial charge < -0.3 is 15.0 Å². The van der Waals surface area contributed by atoms with Crippen LogP contribution in [0.15, 0.2) is 0 Å². The number of nitrogens with zero attached hydrogens (tertiary/aromatic N) is 1. The van der Waals surface area contributed by atoms with Crippen molar-refractivity contribution in [1.29, 1.82) is 0 Å². The summed E-state index contributed by atoms with van der Waals surface area (Å²) < 4.78 is 4.93. The van der Waals surface area contributed by atoms with E-state index in [2.05, 4.69) is 10.6 Å². The van der Waals surface area contributed by atoms with E-state index < -0.39 is 5.54 Å². The number of ether oxygens (including phenoxy) is 1. The maximum Gasteiger partial charge on any atom is 0.251 e. The number of rotatable bonds is 4. The van der Waals surface area contributed by atoms with Crippen molar-refractivity contribution >= 4 is 29.1 Å². The van der Waals surface area contributed by atoms with Crippen molar-refractivity contribution in [2.24, 2.45) is 0 Å².